The highest BCUT2D eigenvalue weighted by Gasteiger charge is 2.13. The van der Waals surface area contributed by atoms with E-state index in [4.69, 9.17) is 9.97 Å². The quantitative estimate of drug-likeness (QED) is 0.227. The number of hydrogen-bond donors (Lipinski definition) is 4. The molecule has 0 saturated carbocycles. The Labute approximate surface area is 200 Å². The first-order valence-electron chi connectivity index (χ1n) is 11.1. The Morgan fingerprint density at radius 1 is 1.00 bits per heavy atom. The van der Waals surface area contributed by atoms with Crippen LogP contribution in [-0.4, -0.2) is 31.2 Å². The molecule has 0 unspecified atom stereocenters. The van der Waals surface area contributed by atoms with Crippen LogP contribution in [0.3, 0.4) is 0 Å². The van der Waals surface area contributed by atoms with Crippen molar-refractivity contribution in [2.45, 2.75) is 19.9 Å². The van der Waals surface area contributed by atoms with Gasteiger partial charge in [-0.15, -0.1) is 11.3 Å². The second-order valence-corrected chi connectivity index (χ2v) is 9.51. The number of anilines is 2. The summed E-state index contributed by atoms with van der Waals surface area (Å²) >= 11 is 1.63. The number of aromatic nitrogens is 5. The zero-order valence-corrected chi connectivity index (χ0v) is 19.6. The molecule has 0 bridgehead atoms. The van der Waals surface area contributed by atoms with Gasteiger partial charge in [-0.25, -0.2) is 9.97 Å². The molecule has 2 aromatic carbocycles. The summed E-state index contributed by atoms with van der Waals surface area (Å²) in [5.74, 6) is 1.48. The lowest BCUT2D eigenvalue weighted by Gasteiger charge is -2.10. The van der Waals surface area contributed by atoms with E-state index in [0.717, 1.165) is 60.5 Å². The van der Waals surface area contributed by atoms with Crippen LogP contribution in [0.4, 0.5) is 11.5 Å². The molecule has 8 heteroatoms. The highest BCUT2D eigenvalue weighted by Crippen LogP contribution is 2.33. The Balaban J connectivity index is 1.39. The van der Waals surface area contributed by atoms with Crippen molar-refractivity contribution >= 4 is 60.6 Å². The number of aromatic amines is 2. The summed E-state index contributed by atoms with van der Waals surface area (Å²) in [6, 6.07) is 16.8. The van der Waals surface area contributed by atoms with Gasteiger partial charge in [-0.1, -0.05) is 6.58 Å². The fourth-order valence-corrected chi connectivity index (χ4v) is 4.87. The van der Waals surface area contributed by atoms with Gasteiger partial charge in [0.25, 0.3) is 0 Å². The normalized spacial score (nSPS) is 11.6. The zero-order valence-electron chi connectivity index (χ0n) is 18.8. The Morgan fingerprint density at radius 3 is 2.76 bits per heavy atom. The van der Waals surface area contributed by atoms with E-state index < -0.39 is 0 Å². The van der Waals surface area contributed by atoms with Crippen molar-refractivity contribution in [2.24, 2.45) is 0 Å². The zero-order chi connectivity index (χ0) is 23.2. The molecule has 4 heterocycles. The second kappa shape index (κ2) is 8.00. The van der Waals surface area contributed by atoms with E-state index in [1.54, 1.807) is 11.3 Å². The minimum atomic E-state index is 0.320. The average molecular weight is 466 g/mol. The molecule has 0 aliphatic heterocycles. The minimum absolute atomic E-state index is 0.320. The molecule has 7 nitrogen and oxygen atoms in total. The summed E-state index contributed by atoms with van der Waals surface area (Å²) in [5.41, 5.74) is 6.75. The number of benzene rings is 2. The number of rotatable bonds is 6. The van der Waals surface area contributed by atoms with Crippen LogP contribution in [0.15, 0.2) is 66.7 Å². The third-order valence-electron chi connectivity index (χ3n) is 5.67. The number of nitrogens with one attached hydrogen (secondary N) is 4. The van der Waals surface area contributed by atoms with Gasteiger partial charge in [0.15, 0.2) is 11.6 Å². The van der Waals surface area contributed by atoms with E-state index in [1.807, 2.05) is 29.8 Å². The smallest absolute Gasteiger partial charge is 0.162 e. The maximum absolute atomic E-state index is 4.92. The summed E-state index contributed by atoms with van der Waals surface area (Å²) in [6.45, 7) is 8.36. The van der Waals surface area contributed by atoms with Crippen molar-refractivity contribution in [3.63, 3.8) is 0 Å². The summed E-state index contributed by atoms with van der Waals surface area (Å²) in [6.07, 6.45) is 1.82. The predicted molar refractivity (Wildman–Crippen MR) is 141 cm³/mol. The van der Waals surface area contributed by atoms with Crippen molar-refractivity contribution in [2.75, 3.05) is 5.32 Å². The maximum atomic E-state index is 4.92. The number of nitrogens with zero attached hydrogens (tertiary/aromatic N) is 3. The van der Waals surface area contributed by atoms with E-state index in [-0.39, 0.29) is 0 Å². The van der Waals surface area contributed by atoms with Gasteiger partial charge in [-0.3, -0.25) is 5.10 Å². The molecule has 0 amide bonds. The molecule has 0 saturated heterocycles. The number of fused-ring (bicyclic) bond motifs is 3. The summed E-state index contributed by atoms with van der Waals surface area (Å²) in [4.78, 5) is 13.2. The third-order valence-corrected chi connectivity index (χ3v) is 6.58. The van der Waals surface area contributed by atoms with E-state index in [1.165, 1.54) is 0 Å². The number of H-pyrrole nitrogens is 2. The fraction of sp³-hybridized carbons (Fsp3) is 0.115. The Bertz CT molecular complexity index is 1670. The van der Waals surface area contributed by atoms with Gasteiger partial charge in [0, 0.05) is 33.6 Å². The summed E-state index contributed by atoms with van der Waals surface area (Å²) in [5, 5.41) is 18.1. The van der Waals surface area contributed by atoms with Gasteiger partial charge in [-0.2, -0.15) is 5.10 Å². The second-order valence-electron chi connectivity index (χ2n) is 8.59. The van der Waals surface area contributed by atoms with Gasteiger partial charge in [0.1, 0.15) is 0 Å². The largest absolute Gasteiger partial charge is 0.382 e. The summed E-state index contributed by atoms with van der Waals surface area (Å²) < 4.78 is 1.03. The molecule has 0 spiro atoms. The van der Waals surface area contributed by atoms with Gasteiger partial charge in [-0.05, 0) is 67.8 Å². The molecule has 6 rings (SSSR count). The van der Waals surface area contributed by atoms with Crippen LogP contribution in [-0.2, 0) is 0 Å². The fourth-order valence-electron chi connectivity index (χ4n) is 4.10. The molecule has 6 aromatic rings. The monoisotopic (exact) mass is 465 g/mol. The van der Waals surface area contributed by atoms with Crippen LogP contribution in [0.2, 0.25) is 0 Å². The lowest BCUT2D eigenvalue weighted by molar-refractivity contribution is 0.716. The van der Waals surface area contributed by atoms with Crippen LogP contribution in [0.5, 0.6) is 0 Å². The van der Waals surface area contributed by atoms with Crippen molar-refractivity contribution < 1.29 is 0 Å². The van der Waals surface area contributed by atoms with Gasteiger partial charge in [0.05, 0.1) is 33.3 Å². The average Bonchev–Trinajstić information content (AvgIpc) is 3.56. The van der Waals surface area contributed by atoms with Crippen molar-refractivity contribution in [3.05, 3.63) is 72.4 Å². The van der Waals surface area contributed by atoms with Crippen LogP contribution in [0, 0.1) is 0 Å². The molecule has 168 valence electrons. The Hall–Kier alpha value is -4.17. The molecular weight excluding hydrogens is 442 g/mol. The first-order valence-corrected chi connectivity index (χ1v) is 12.0. The van der Waals surface area contributed by atoms with Crippen molar-refractivity contribution in [3.8, 4) is 11.4 Å². The Morgan fingerprint density at radius 2 is 1.88 bits per heavy atom. The third kappa shape index (κ3) is 3.68. The standard InChI is InChI=1S/C26H23N7S/c1-14(2)28-15(3)23-12-17-10-16(4-6-20(17)30-23)25-31-22-8-9-34-24(22)26(32-25)29-19-5-7-21-18(11-19)13-27-33-21/h4-14,28,30H,3H2,1-2H3,(H,27,33)(H,29,31,32). The van der Waals surface area contributed by atoms with Crippen molar-refractivity contribution in [1.29, 1.82) is 0 Å². The van der Waals surface area contributed by atoms with Crippen LogP contribution >= 0.6 is 11.3 Å². The van der Waals surface area contributed by atoms with Crippen LogP contribution < -0.4 is 10.6 Å². The SMILES string of the molecule is C=C(NC(C)C)c1cc2cc(-c3nc(Nc4ccc5[nH]ncc5c4)c4sccc4n3)ccc2[nH]1. The van der Waals surface area contributed by atoms with Crippen molar-refractivity contribution in [1.82, 2.24) is 30.5 Å². The molecule has 0 aliphatic carbocycles. The lowest BCUT2D eigenvalue weighted by Crippen LogP contribution is -2.20. The molecule has 0 fully saturated rings. The number of hydrogen-bond acceptors (Lipinski definition) is 6. The molecule has 4 N–H and O–H groups in total. The highest BCUT2D eigenvalue weighted by molar-refractivity contribution is 7.17. The van der Waals surface area contributed by atoms with Gasteiger partial charge < -0.3 is 15.6 Å². The van der Waals surface area contributed by atoms with E-state index >= 15 is 0 Å². The topological polar surface area (TPSA) is 94.3 Å². The lowest BCUT2D eigenvalue weighted by atomic mass is 10.1. The van der Waals surface area contributed by atoms with E-state index in [9.17, 15) is 0 Å². The highest BCUT2D eigenvalue weighted by atomic mass is 32.1. The minimum Gasteiger partial charge on any atom is -0.382 e. The van der Waals surface area contributed by atoms with Crippen LogP contribution in [0.1, 0.15) is 19.5 Å². The van der Waals surface area contributed by atoms with E-state index in [2.05, 4.69) is 76.6 Å². The molecular formula is C26H23N7S. The molecule has 0 aliphatic rings. The first-order chi connectivity index (χ1) is 16.5. The molecule has 34 heavy (non-hydrogen) atoms. The maximum Gasteiger partial charge on any atom is 0.162 e. The van der Waals surface area contributed by atoms with Gasteiger partial charge in [0.2, 0.25) is 0 Å². The molecule has 4 aromatic heterocycles. The first kappa shape index (κ1) is 20.4. The van der Waals surface area contributed by atoms with Gasteiger partial charge >= 0.3 is 0 Å². The summed E-state index contributed by atoms with van der Waals surface area (Å²) in [7, 11) is 0. The van der Waals surface area contributed by atoms with Crippen LogP contribution in [0.25, 0.3) is 49.1 Å². The molecule has 0 atom stereocenters. The Kier molecular flexibility index (Phi) is 4.81. The molecule has 0 radical (unpaired) electrons. The predicted octanol–water partition coefficient (Wildman–Crippen LogP) is 6.43. The van der Waals surface area contributed by atoms with E-state index in [0.29, 0.717) is 11.9 Å². The number of thiophene rings is 1.